The van der Waals surface area contributed by atoms with E-state index in [1.54, 1.807) is 0 Å². The van der Waals surface area contributed by atoms with Crippen molar-refractivity contribution in [1.29, 1.82) is 0 Å². The molecule has 0 spiro atoms. The zero-order valence-electron chi connectivity index (χ0n) is 5.12. The van der Waals surface area contributed by atoms with Gasteiger partial charge in [-0.15, -0.1) is 0 Å². The second-order valence-electron chi connectivity index (χ2n) is 0.962. The number of hydrogen-bond acceptors (Lipinski definition) is 0. The predicted octanol–water partition coefficient (Wildman–Crippen LogP) is 0.261. The molecule has 0 aliphatic carbocycles. The van der Waals surface area contributed by atoms with Crippen LogP contribution in [0.25, 0.3) is 0 Å². The standard InChI is InChI=1S/C5H5.3B.Ti/c1-2-4-5-3-1;;;;/h1-5H;;;;/q4*-1;+4. The smallest absolute Gasteiger partial charge is 1.00 e. The molecule has 9 heavy (non-hydrogen) atoms. The van der Waals surface area contributed by atoms with E-state index >= 15 is 0 Å². The normalized spacial score (nSPS) is 4.44. The first kappa shape index (κ1) is 22.8. The molecule has 0 N–H and O–H groups in total. The molecule has 0 aliphatic rings. The summed E-state index contributed by atoms with van der Waals surface area (Å²) in [4.78, 5) is 0. The van der Waals surface area contributed by atoms with Crippen LogP contribution >= 0.6 is 0 Å². The van der Waals surface area contributed by atoms with Crippen LogP contribution in [0.1, 0.15) is 0 Å². The summed E-state index contributed by atoms with van der Waals surface area (Å²) >= 11 is 0. The van der Waals surface area contributed by atoms with Gasteiger partial charge in [-0.05, 0) is 0 Å². The molecule has 0 fully saturated rings. The van der Waals surface area contributed by atoms with Gasteiger partial charge in [0.05, 0.1) is 0 Å². The molecule has 12 radical (unpaired) electrons. The second-order valence-corrected chi connectivity index (χ2v) is 0.962. The maximum atomic E-state index is 2.00. The van der Waals surface area contributed by atoms with Gasteiger partial charge in [0.25, 0.3) is 0 Å². The Morgan fingerprint density at radius 3 is 1.22 bits per heavy atom. The zero-order chi connectivity index (χ0) is 3.54. The predicted molar refractivity (Wildman–Crippen MR) is 39.3 cm³/mol. The van der Waals surface area contributed by atoms with Gasteiger partial charge < -0.3 is 25.2 Å². The Morgan fingerprint density at radius 1 is 0.778 bits per heavy atom. The maximum absolute atomic E-state index is 2.00. The molecule has 0 atom stereocenters. The van der Waals surface area contributed by atoms with E-state index in [4.69, 9.17) is 0 Å². The third kappa shape index (κ3) is 11.7. The molecule has 0 bridgehead atoms. The van der Waals surface area contributed by atoms with Crippen molar-refractivity contribution in [2.45, 2.75) is 0 Å². The molecule has 1 rings (SSSR count). The molecule has 1 aromatic carbocycles. The summed E-state index contributed by atoms with van der Waals surface area (Å²) in [5, 5.41) is 0. The second kappa shape index (κ2) is 15.7. The van der Waals surface area contributed by atoms with Crippen LogP contribution in [0.15, 0.2) is 30.3 Å². The number of hydrogen-bond donors (Lipinski definition) is 0. The average molecular weight is 145 g/mol. The molecule has 0 aromatic heterocycles. The van der Waals surface area contributed by atoms with Gasteiger partial charge in [-0.1, -0.05) is 0 Å². The quantitative estimate of drug-likeness (QED) is 0.363. The molecule has 0 aliphatic heterocycles. The fraction of sp³-hybridized carbons (Fsp3) is 0. The van der Waals surface area contributed by atoms with Crippen molar-refractivity contribution in [2.24, 2.45) is 0 Å². The van der Waals surface area contributed by atoms with Gasteiger partial charge in [-0.3, -0.25) is 0 Å². The third-order valence-electron chi connectivity index (χ3n) is 0.556. The molecule has 0 heterocycles. The van der Waals surface area contributed by atoms with Crippen LogP contribution in [-0.2, 0) is 21.7 Å². The minimum Gasteiger partial charge on any atom is -1.00 e. The Kier molecular flexibility index (Phi) is 39.9. The molecule has 1 aromatic rings. The van der Waals surface area contributed by atoms with Crippen LogP contribution in [0.4, 0.5) is 0 Å². The fourth-order valence-corrected chi connectivity index (χ4v) is 0.321. The van der Waals surface area contributed by atoms with Crippen LogP contribution in [0.3, 0.4) is 0 Å². The van der Waals surface area contributed by atoms with E-state index < -0.39 is 0 Å². The molecule has 0 nitrogen and oxygen atoms in total. The van der Waals surface area contributed by atoms with E-state index in [1.165, 1.54) is 0 Å². The zero-order valence-corrected chi connectivity index (χ0v) is 6.68. The molecule has 0 unspecified atom stereocenters. The minimum absolute atomic E-state index is 0. The molecule has 38 valence electrons. The van der Waals surface area contributed by atoms with Crippen LogP contribution in [0, 0.1) is 0 Å². The SMILES string of the molecule is [B-].[B-].[B-].[Ti+4].c1cc[cH-]c1. The molecule has 0 saturated carbocycles. The minimum atomic E-state index is 0. The van der Waals surface area contributed by atoms with Gasteiger partial charge in [-0.2, -0.15) is 18.2 Å². The van der Waals surface area contributed by atoms with Crippen molar-refractivity contribution in [2.75, 3.05) is 0 Å². The largest absolute Gasteiger partial charge is 4.00 e. The van der Waals surface area contributed by atoms with Gasteiger partial charge in [-0.25, -0.2) is 12.1 Å². The summed E-state index contributed by atoms with van der Waals surface area (Å²) in [6.45, 7) is 0. The Hall–Kier alpha value is 0.259. The summed E-state index contributed by atoms with van der Waals surface area (Å²) in [5.41, 5.74) is 0. The summed E-state index contributed by atoms with van der Waals surface area (Å²) in [7, 11) is 0. The Balaban J connectivity index is -0.0000000312. The number of rotatable bonds is 0. The monoisotopic (exact) mass is 146 g/mol. The summed E-state index contributed by atoms with van der Waals surface area (Å²) < 4.78 is 0. The molecular weight excluding hydrogens is 140 g/mol. The van der Waals surface area contributed by atoms with Crippen LogP contribution < -0.4 is 0 Å². The van der Waals surface area contributed by atoms with Crippen molar-refractivity contribution in [3.8, 4) is 0 Å². The van der Waals surface area contributed by atoms with Crippen molar-refractivity contribution in [1.82, 2.24) is 0 Å². The first-order valence-corrected chi connectivity index (χ1v) is 1.67. The van der Waals surface area contributed by atoms with E-state index in [0.717, 1.165) is 0 Å². The van der Waals surface area contributed by atoms with Gasteiger partial charge in [0.15, 0.2) is 0 Å². The molecule has 0 saturated heterocycles. The summed E-state index contributed by atoms with van der Waals surface area (Å²) in [5.74, 6) is 0. The van der Waals surface area contributed by atoms with Crippen LogP contribution in [0.2, 0.25) is 0 Å². The van der Waals surface area contributed by atoms with Gasteiger partial charge in [0, 0.05) is 0 Å². The Morgan fingerprint density at radius 2 is 1.11 bits per heavy atom. The Bertz CT molecular complexity index is 68.7. The van der Waals surface area contributed by atoms with Crippen molar-refractivity contribution in [3.05, 3.63) is 30.3 Å². The van der Waals surface area contributed by atoms with E-state index in [-0.39, 0.29) is 47.0 Å². The van der Waals surface area contributed by atoms with E-state index in [1.807, 2.05) is 30.3 Å². The van der Waals surface area contributed by atoms with E-state index in [9.17, 15) is 0 Å². The van der Waals surface area contributed by atoms with Gasteiger partial charge >= 0.3 is 21.7 Å². The van der Waals surface area contributed by atoms with Crippen molar-refractivity contribution < 1.29 is 21.7 Å². The van der Waals surface area contributed by atoms with Crippen LogP contribution in [-0.4, -0.2) is 25.2 Å². The van der Waals surface area contributed by atoms with Gasteiger partial charge in [0.1, 0.15) is 0 Å². The molecular formula is C5H5B3Ti. The molecule has 0 amide bonds. The first-order chi connectivity index (χ1) is 2.50. The van der Waals surface area contributed by atoms with Crippen molar-refractivity contribution in [3.63, 3.8) is 0 Å². The first-order valence-electron chi connectivity index (χ1n) is 1.67. The summed E-state index contributed by atoms with van der Waals surface area (Å²) in [6.07, 6.45) is 0. The summed E-state index contributed by atoms with van der Waals surface area (Å²) in [6, 6.07) is 10.0. The maximum Gasteiger partial charge on any atom is 4.00 e. The van der Waals surface area contributed by atoms with E-state index in [0.29, 0.717) is 0 Å². The molecule has 4 heteroatoms. The third-order valence-corrected chi connectivity index (χ3v) is 0.556. The van der Waals surface area contributed by atoms with Crippen LogP contribution in [0.5, 0.6) is 0 Å². The fourth-order valence-electron chi connectivity index (χ4n) is 0.321. The Labute approximate surface area is 77.4 Å². The van der Waals surface area contributed by atoms with E-state index in [2.05, 4.69) is 0 Å². The average Bonchev–Trinajstić information content (AvgIpc) is 1.76. The topological polar surface area (TPSA) is 0 Å². The van der Waals surface area contributed by atoms with Crippen molar-refractivity contribution >= 4 is 25.2 Å². The van der Waals surface area contributed by atoms with Gasteiger partial charge in [0.2, 0.25) is 0 Å².